The standard InChI is InChI=1S/C12H25N3O/c1-9(2)12(16)11(15-10(3)4)7-5-6-8-14-13/h9-11,13,15H,5-8H2,1-4H3/p+1/t11-/m0/s1. The average molecular weight is 228 g/mol. The van der Waals surface area contributed by atoms with Crippen LogP contribution in [-0.2, 0) is 4.79 Å². The zero-order valence-corrected chi connectivity index (χ0v) is 11.0. The molecular weight excluding hydrogens is 202 g/mol. The van der Waals surface area contributed by atoms with Crippen molar-refractivity contribution in [3.8, 4) is 0 Å². The van der Waals surface area contributed by atoms with Crippen LogP contribution < -0.4 is 10.8 Å². The van der Waals surface area contributed by atoms with Crippen molar-refractivity contribution >= 4 is 5.78 Å². The summed E-state index contributed by atoms with van der Waals surface area (Å²) in [5.74, 6) is 0.397. The predicted molar refractivity (Wildman–Crippen MR) is 65.0 cm³/mol. The van der Waals surface area contributed by atoms with Crippen molar-refractivity contribution < 1.29 is 10.3 Å². The smallest absolute Gasteiger partial charge is 0.152 e. The predicted octanol–water partition coefficient (Wildman–Crippen LogP) is 0.960. The molecule has 4 heteroatoms. The second-order valence-corrected chi connectivity index (χ2v) is 4.83. The zero-order chi connectivity index (χ0) is 12.6. The van der Waals surface area contributed by atoms with E-state index in [-0.39, 0.29) is 12.0 Å². The summed E-state index contributed by atoms with van der Waals surface area (Å²) < 4.78 is 0. The number of ketones is 1. The summed E-state index contributed by atoms with van der Waals surface area (Å²) in [4.78, 5) is 11.9. The van der Waals surface area contributed by atoms with Gasteiger partial charge in [-0.2, -0.15) is 5.53 Å². The molecule has 0 aliphatic heterocycles. The van der Waals surface area contributed by atoms with E-state index in [1.54, 1.807) is 0 Å². The van der Waals surface area contributed by atoms with Crippen LogP contribution in [0.3, 0.4) is 0 Å². The summed E-state index contributed by atoms with van der Waals surface area (Å²) in [6, 6.07) is 0.324. The number of carbonyl (C=O) groups excluding carboxylic acids is 1. The Labute approximate surface area is 98.7 Å². The van der Waals surface area contributed by atoms with Crippen LogP contribution in [0.5, 0.6) is 0 Å². The fraction of sp³-hybridized carbons (Fsp3) is 0.917. The molecule has 0 amide bonds. The molecule has 0 aromatic carbocycles. The lowest BCUT2D eigenvalue weighted by atomic mass is 9.96. The largest absolute Gasteiger partial charge is 0.305 e. The summed E-state index contributed by atoms with van der Waals surface area (Å²) in [6.07, 6.45) is 2.83. The third-order valence-electron chi connectivity index (χ3n) is 2.48. The van der Waals surface area contributed by atoms with E-state index in [0.29, 0.717) is 18.4 Å². The normalized spacial score (nSPS) is 13.1. The maximum Gasteiger partial charge on any atom is 0.152 e. The van der Waals surface area contributed by atoms with Crippen LogP contribution in [0.15, 0.2) is 5.11 Å². The number of nitrogens with zero attached hydrogens (tertiary/aromatic N) is 1. The van der Waals surface area contributed by atoms with E-state index in [4.69, 9.17) is 5.53 Å². The molecule has 0 bridgehead atoms. The van der Waals surface area contributed by atoms with Gasteiger partial charge in [-0.15, -0.1) is 0 Å². The van der Waals surface area contributed by atoms with Crippen LogP contribution in [0.2, 0.25) is 0 Å². The van der Waals surface area contributed by atoms with Gasteiger partial charge >= 0.3 is 0 Å². The Morgan fingerprint density at radius 2 is 1.88 bits per heavy atom. The molecule has 0 aliphatic rings. The Morgan fingerprint density at radius 3 is 2.31 bits per heavy atom. The molecule has 0 saturated heterocycles. The van der Waals surface area contributed by atoms with Gasteiger partial charge in [-0.3, -0.25) is 4.79 Å². The summed E-state index contributed by atoms with van der Waals surface area (Å²) >= 11 is 0. The minimum absolute atomic E-state index is 0.0159. The molecular formula is C12H26N3O+. The van der Waals surface area contributed by atoms with Crippen molar-refractivity contribution in [2.24, 2.45) is 11.0 Å². The number of hydrogen-bond acceptors (Lipinski definition) is 3. The van der Waals surface area contributed by atoms with Gasteiger partial charge in [0.1, 0.15) is 6.54 Å². The maximum atomic E-state index is 11.9. The lowest BCUT2D eigenvalue weighted by Gasteiger charge is -2.21. The van der Waals surface area contributed by atoms with Gasteiger partial charge in [-0.1, -0.05) is 27.7 Å². The van der Waals surface area contributed by atoms with Gasteiger partial charge in [0, 0.05) is 12.0 Å². The second kappa shape index (κ2) is 8.39. The van der Waals surface area contributed by atoms with Gasteiger partial charge in [-0.05, 0) is 24.4 Å². The molecule has 0 heterocycles. The lowest BCUT2D eigenvalue weighted by Crippen LogP contribution is -2.42. The van der Waals surface area contributed by atoms with Crippen molar-refractivity contribution in [3.05, 3.63) is 0 Å². The highest BCUT2D eigenvalue weighted by Crippen LogP contribution is 2.08. The topological polar surface area (TPSA) is 67.1 Å². The molecule has 0 aromatic heterocycles. The molecule has 0 saturated carbocycles. The first-order valence-corrected chi connectivity index (χ1v) is 6.15. The number of unbranched alkanes of at least 4 members (excludes halogenated alkanes) is 1. The number of carbonyl (C=O) groups is 1. The zero-order valence-electron chi connectivity index (χ0n) is 11.0. The van der Waals surface area contributed by atoms with Gasteiger partial charge in [0.05, 0.1) is 6.04 Å². The van der Waals surface area contributed by atoms with Crippen molar-refractivity contribution in [1.82, 2.24) is 5.32 Å². The fourth-order valence-corrected chi connectivity index (χ4v) is 1.66. The second-order valence-electron chi connectivity index (χ2n) is 4.83. The van der Waals surface area contributed by atoms with Gasteiger partial charge in [0.25, 0.3) is 0 Å². The van der Waals surface area contributed by atoms with Gasteiger partial charge in [-0.25, -0.2) is 0 Å². The SMILES string of the molecule is CC(C)N[C@@H](CCCCN=[NH2+])C(=O)C(C)C. The molecule has 16 heavy (non-hydrogen) atoms. The van der Waals surface area contributed by atoms with E-state index in [2.05, 4.69) is 24.3 Å². The summed E-state index contributed by atoms with van der Waals surface area (Å²) in [5, 5.41) is 6.89. The summed E-state index contributed by atoms with van der Waals surface area (Å²) in [6.45, 7) is 8.72. The lowest BCUT2D eigenvalue weighted by molar-refractivity contribution is -0.221. The number of Topliss-reactive ketones (excluding diaryl/α,β-unsaturated/α-hetero) is 1. The summed E-state index contributed by atoms with van der Waals surface area (Å²) in [5.41, 5.74) is 5.08. The highest BCUT2D eigenvalue weighted by Gasteiger charge is 2.20. The molecule has 0 spiro atoms. The quantitative estimate of drug-likeness (QED) is 0.456. The highest BCUT2D eigenvalue weighted by molar-refractivity contribution is 5.85. The van der Waals surface area contributed by atoms with Crippen LogP contribution in [0.25, 0.3) is 0 Å². The fourth-order valence-electron chi connectivity index (χ4n) is 1.66. The number of hydrogen-bond donors (Lipinski definition) is 2. The average Bonchev–Trinajstić information content (AvgIpc) is 2.20. The highest BCUT2D eigenvalue weighted by atomic mass is 16.1. The molecule has 0 rings (SSSR count). The molecule has 0 aliphatic carbocycles. The van der Waals surface area contributed by atoms with Crippen LogP contribution in [0.1, 0.15) is 47.0 Å². The number of rotatable bonds is 9. The maximum absolute atomic E-state index is 11.9. The Kier molecular flexibility index (Phi) is 7.99. The molecule has 4 nitrogen and oxygen atoms in total. The molecule has 0 aromatic rings. The van der Waals surface area contributed by atoms with Gasteiger partial charge in [0.2, 0.25) is 0 Å². The third-order valence-corrected chi connectivity index (χ3v) is 2.48. The van der Waals surface area contributed by atoms with Crippen molar-refractivity contribution in [1.29, 1.82) is 0 Å². The first kappa shape index (κ1) is 15.2. The first-order valence-electron chi connectivity index (χ1n) is 6.15. The molecule has 1 atom stereocenters. The van der Waals surface area contributed by atoms with Crippen LogP contribution in [-0.4, -0.2) is 24.4 Å². The van der Waals surface area contributed by atoms with E-state index in [9.17, 15) is 4.79 Å². The van der Waals surface area contributed by atoms with E-state index in [1.807, 2.05) is 13.8 Å². The Bertz CT molecular complexity index is 214. The monoisotopic (exact) mass is 228 g/mol. The van der Waals surface area contributed by atoms with Crippen molar-refractivity contribution in [3.63, 3.8) is 0 Å². The minimum Gasteiger partial charge on any atom is -0.305 e. The first-order chi connectivity index (χ1) is 7.49. The van der Waals surface area contributed by atoms with Crippen LogP contribution in [0, 0.1) is 5.92 Å². The Hall–Kier alpha value is -0.770. The molecule has 0 unspecified atom stereocenters. The molecule has 0 fully saturated rings. The third kappa shape index (κ3) is 6.67. The molecule has 94 valence electrons. The van der Waals surface area contributed by atoms with Gasteiger partial charge in [0.15, 0.2) is 5.78 Å². The van der Waals surface area contributed by atoms with Crippen molar-refractivity contribution in [2.45, 2.75) is 59.0 Å². The van der Waals surface area contributed by atoms with Gasteiger partial charge < -0.3 is 5.32 Å². The Morgan fingerprint density at radius 1 is 1.25 bits per heavy atom. The summed E-state index contributed by atoms with van der Waals surface area (Å²) in [7, 11) is 0. The number of nitrogens with one attached hydrogen (secondary N) is 1. The minimum atomic E-state index is -0.0159. The van der Waals surface area contributed by atoms with E-state index in [1.165, 1.54) is 0 Å². The molecule has 3 N–H and O–H groups in total. The Balaban J connectivity index is 4.10. The van der Waals surface area contributed by atoms with E-state index < -0.39 is 0 Å². The number of nitrogens with two attached hydrogens (primary N) is 1. The van der Waals surface area contributed by atoms with Crippen molar-refractivity contribution in [2.75, 3.05) is 6.54 Å². The van der Waals surface area contributed by atoms with Crippen LogP contribution in [0.4, 0.5) is 0 Å². The van der Waals surface area contributed by atoms with E-state index >= 15 is 0 Å². The van der Waals surface area contributed by atoms with Crippen LogP contribution >= 0.6 is 0 Å². The molecule has 0 radical (unpaired) electrons. The van der Waals surface area contributed by atoms with E-state index in [0.717, 1.165) is 19.3 Å².